The van der Waals surface area contributed by atoms with E-state index in [1.54, 1.807) is 6.92 Å². The van der Waals surface area contributed by atoms with Gasteiger partial charge in [-0.25, -0.2) is 4.79 Å². The lowest BCUT2D eigenvalue weighted by molar-refractivity contribution is 0.0491. The number of carbonyl (C=O) groups excluding carboxylic acids is 1. The first-order valence-corrected chi connectivity index (χ1v) is 10.3. The number of ether oxygens (including phenoxy) is 1. The fourth-order valence-corrected chi connectivity index (χ4v) is 3.88. The molecule has 0 fully saturated rings. The second-order valence-electron chi connectivity index (χ2n) is 5.80. The second kappa shape index (κ2) is 8.20. The number of thioether (sulfide) groups is 1. The number of carbonyl (C=O) groups is 1. The molecule has 28 heavy (non-hydrogen) atoms. The average Bonchev–Trinajstić information content (AvgIpc) is 3.32. The van der Waals surface area contributed by atoms with Crippen LogP contribution in [-0.2, 0) is 10.5 Å². The molecule has 0 aliphatic carbocycles. The van der Waals surface area contributed by atoms with Gasteiger partial charge in [-0.05, 0) is 37.3 Å². The first kappa shape index (κ1) is 18.8. The van der Waals surface area contributed by atoms with E-state index >= 15 is 0 Å². The molecule has 2 heterocycles. The summed E-state index contributed by atoms with van der Waals surface area (Å²) in [5.74, 6) is 0.591. The number of aromatic nitrogens is 2. The molecule has 2 aromatic heterocycles. The van der Waals surface area contributed by atoms with E-state index in [4.69, 9.17) is 13.6 Å². The van der Waals surface area contributed by atoms with Crippen molar-refractivity contribution in [1.82, 2.24) is 10.2 Å². The fourth-order valence-electron chi connectivity index (χ4n) is 2.73. The Balaban J connectivity index is 1.62. The van der Waals surface area contributed by atoms with Gasteiger partial charge in [0.05, 0.1) is 6.61 Å². The molecule has 6 nitrogen and oxygen atoms in total. The third-order valence-electron chi connectivity index (χ3n) is 3.98. The molecular weight excluding hydrogens is 444 g/mol. The van der Waals surface area contributed by atoms with Crippen LogP contribution in [0, 0.1) is 0 Å². The van der Waals surface area contributed by atoms with Crippen molar-refractivity contribution in [3.8, 4) is 11.5 Å². The number of esters is 1. The number of halogens is 1. The van der Waals surface area contributed by atoms with Crippen molar-refractivity contribution in [3.05, 3.63) is 64.3 Å². The van der Waals surface area contributed by atoms with Crippen molar-refractivity contribution < 1.29 is 18.4 Å². The lowest BCUT2D eigenvalue weighted by Gasteiger charge is -2.02. The van der Waals surface area contributed by atoms with Crippen molar-refractivity contribution in [3.63, 3.8) is 0 Å². The van der Waals surface area contributed by atoms with E-state index in [0.717, 1.165) is 21.0 Å². The van der Waals surface area contributed by atoms with Crippen LogP contribution in [0.1, 0.15) is 23.0 Å². The Labute approximate surface area is 173 Å². The predicted molar refractivity (Wildman–Crippen MR) is 109 cm³/mol. The summed E-state index contributed by atoms with van der Waals surface area (Å²) >= 11 is 4.80. The van der Waals surface area contributed by atoms with Crippen LogP contribution in [0.2, 0.25) is 0 Å². The highest BCUT2D eigenvalue weighted by atomic mass is 79.9. The number of fused-ring (bicyclic) bond motifs is 1. The molecule has 4 rings (SSSR count). The van der Waals surface area contributed by atoms with Crippen LogP contribution in [0.3, 0.4) is 0 Å². The van der Waals surface area contributed by atoms with Crippen molar-refractivity contribution in [2.75, 3.05) is 6.61 Å². The molecule has 0 unspecified atom stereocenters. The zero-order valence-corrected chi connectivity index (χ0v) is 17.2. The van der Waals surface area contributed by atoms with Gasteiger partial charge in [-0.15, -0.1) is 10.2 Å². The molecule has 142 valence electrons. The maximum atomic E-state index is 12.3. The third kappa shape index (κ3) is 3.83. The molecule has 0 radical (unpaired) electrons. The molecule has 0 saturated carbocycles. The minimum atomic E-state index is -0.485. The Hall–Kier alpha value is -2.58. The van der Waals surface area contributed by atoms with Crippen LogP contribution in [0.4, 0.5) is 0 Å². The zero-order chi connectivity index (χ0) is 19.5. The van der Waals surface area contributed by atoms with Crippen molar-refractivity contribution in [1.29, 1.82) is 0 Å². The van der Waals surface area contributed by atoms with Gasteiger partial charge in [-0.3, -0.25) is 0 Å². The molecule has 0 saturated heterocycles. The van der Waals surface area contributed by atoms with E-state index in [-0.39, 0.29) is 12.4 Å². The summed E-state index contributed by atoms with van der Waals surface area (Å²) in [5.41, 5.74) is 2.21. The summed E-state index contributed by atoms with van der Waals surface area (Å²) in [6, 6.07) is 15.2. The summed E-state index contributed by atoms with van der Waals surface area (Å²) in [5, 5.41) is 9.44. The van der Waals surface area contributed by atoms with Crippen LogP contribution >= 0.6 is 27.7 Å². The quantitative estimate of drug-likeness (QED) is 0.270. The number of nitrogens with zero attached hydrogens (tertiary/aromatic N) is 2. The lowest BCUT2D eigenvalue weighted by Crippen LogP contribution is -2.05. The lowest BCUT2D eigenvalue weighted by atomic mass is 10.1. The summed E-state index contributed by atoms with van der Waals surface area (Å²) in [6.07, 6.45) is 0. The van der Waals surface area contributed by atoms with E-state index in [9.17, 15) is 4.79 Å². The summed E-state index contributed by atoms with van der Waals surface area (Å²) < 4.78 is 17.5. The van der Waals surface area contributed by atoms with Gasteiger partial charge < -0.3 is 13.6 Å². The van der Waals surface area contributed by atoms with E-state index in [1.165, 1.54) is 11.8 Å². The van der Waals surface area contributed by atoms with E-state index < -0.39 is 5.97 Å². The Morgan fingerprint density at radius 2 is 1.96 bits per heavy atom. The molecule has 0 bridgehead atoms. The van der Waals surface area contributed by atoms with Crippen molar-refractivity contribution >= 4 is 44.6 Å². The number of benzene rings is 2. The van der Waals surface area contributed by atoms with Crippen molar-refractivity contribution in [2.45, 2.75) is 17.9 Å². The van der Waals surface area contributed by atoms with E-state index in [1.807, 2.05) is 48.5 Å². The molecule has 2 aromatic carbocycles. The smallest absolute Gasteiger partial charge is 0.374 e. The highest BCUT2D eigenvalue weighted by Crippen LogP contribution is 2.34. The number of rotatable bonds is 6. The van der Waals surface area contributed by atoms with Gasteiger partial charge in [0.25, 0.3) is 5.22 Å². The van der Waals surface area contributed by atoms with Crippen LogP contribution in [0.5, 0.6) is 0 Å². The second-order valence-corrected chi connectivity index (χ2v) is 7.64. The average molecular weight is 459 g/mol. The van der Waals surface area contributed by atoms with Crippen LogP contribution < -0.4 is 0 Å². The Morgan fingerprint density at radius 3 is 2.75 bits per heavy atom. The monoisotopic (exact) mass is 458 g/mol. The topological polar surface area (TPSA) is 78.4 Å². The Bertz CT molecular complexity index is 1120. The number of hydrogen-bond donors (Lipinski definition) is 0. The first-order valence-electron chi connectivity index (χ1n) is 8.55. The molecule has 0 spiro atoms. The zero-order valence-electron chi connectivity index (χ0n) is 14.8. The molecule has 0 aliphatic heterocycles. The minimum absolute atomic E-state index is 0.199. The van der Waals surface area contributed by atoms with Gasteiger partial charge in [0.15, 0.2) is 0 Å². The van der Waals surface area contributed by atoms with Crippen LogP contribution in [0.25, 0.3) is 22.4 Å². The van der Waals surface area contributed by atoms with Gasteiger partial charge >= 0.3 is 5.97 Å². The predicted octanol–water partition coefficient (Wildman–Crippen LogP) is 5.71. The van der Waals surface area contributed by atoms with Gasteiger partial charge in [0.1, 0.15) is 5.58 Å². The molecule has 0 atom stereocenters. The maximum Gasteiger partial charge on any atom is 0.374 e. The van der Waals surface area contributed by atoms with E-state index in [0.29, 0.717) is 22.4 Å². The third-order valence-corrected chi connectivity index (χ3v) is 5.32. The largest absolute Gasteiger partial charge is 0.460 e. The van der Waals surface area contributed by atoms with Crippen LogP contribution in [0.15, 0.2) is 67.1 Å². The highest BCUT2D eigenvalue weighted by molar-refractivity contribution is 9.10. The van der Waals surface area contributed by atoms with Gasteiger partial charge in [-0.2, -0.15) is 0 Å². The fraction of sp³-hybridized carbons (Fsp3) is 0.150. The SMILES string of the molecule is CCOC(=O)c1oc2ccc(Br)cc2c1CSc1nnc(-c2ccccc2)o1. The molecule has 4 aromatic rings. The molecule has 0 amide bonds. The summed E-state index contributed by atoms with van der Waals surface area (Å²) in [6.45, 7) is 2.03. The first-order chi connectivity index (χ1) is 13.7. The number of furan rings is 1. The molecule has 8 heteroatoms. The van der Waals surface area contributed by atoms with Gasteiger partial charge in [0, 0.05) is 26.7 Å². The summed E-state index contributed by atoms with van der Waals surface area (Å²) in [7, 11) is 0. The maximum absolute atomic E-state index is 12.3. The molecular formula is C20H15BrN2O4S. The van der Waals surface area contributed by atoms with Gasteiger partial charge in [-0.1, -0.05) is 45.9 Å². The van der Waals surface area contributed by atoms with E-state index in [2.05, 4.69) is 26.1 Å². The Morgan fingerprint density at radius 1 is 1.14 bits per heavy atom. The standard InChI is InChI=1S/C20H15BrN2O4S/c1-2-25-19(24)17-15(14-10-13(21)8-9-16(14)26-17)11-28-20-23-22-18(27-20)12-6-4-3-5-7-12/h3-10H,2,11H2,1H3. The number of hydrogen-bond acceptors (Lipinski definition) is 7. The van der Waals surface area contributed by atoms with Crippen LogP contribution in [-0.4, -0.2) is 22.8 Å². The highest BCUT2D eigenvalue weighted by Gasteiger charge is 2.23. The summed E-state index contributed by atoms with van der Waals surface area (Å²) in [4.78, 5) is 12.3. The normalized spacial score (nSPS) is 11.1. The minimum Gasteiger partial charge on any atom is -0.460 e. The molecule has 0 aliphatic rings. The van der Waals surface area contributed by atoms with Gasteiger partial charge in [0.2, 0.25) is 11.7 Å². The van der Waals surface area contributed by atoms with Crippen molar-refractivity contribution in [2.24, 2.45) is 0 Å². The Kier molecular flexibility index (Phi) is 5.50. The molecule has 0 N–H and O–H groups in total.